The summed E-state index contributed by atoms with van der Waals surface area (Å²) >= 11 is 0. The first kappa shape index (κ1) is 17.9. The van der Waals surface area contributed by atoms with E-state index in [1.165, 1.54) is 6.92 Å². The Labute approximate surface area is 148 Å². The summed E-state index contributed by atoms with van der Waals surface area (Å²) in [6, 6.07) is 4.93. The number of anilines is 1. The SMILES string of the molecule is CC(=O)N1CCCc2cc(S(=O)(=O)CCC(=O)N3CCCC3)ccc21. The van der Waals surface area contributed by atoms with E-state index >= 15 is 0 Å². The summed E-state index contributed by atoms with van der Waals surface area (Å²) in [4.78, 5) is 27.5. The molecule has 0 saturated carbocycles. The molecular formula is C18H24N2O4S. The molecule has 0 spiro atoms. The summed E-state index contributed by atoms with van der Waals surface area (Å²) in [5.74, 6) is -0.285. The molecule has 0 aliphatic carbocycles. The van der Waals surface area contributed by atoms with E-state index < -0.39 is 9.84 Å². The molecule has 2 aliphatic heterocycles. The monoisotopic (exact) mass is 364 g/mol. The third-order valence-corrected chi connectivity index (χ3v) is 6.67. The minimum Gasteiger partial charge on any atom is -0.343 e. The fourth-order valence-corrected chi connectivity index (χ4v) is 4.83. The van der Waals surface area contributed by atoms with Crippen molar-refractivity contribution in [3.05, 3.63) is 23.8 Å². The average molecular weight is 364 g/mol. The Morgan fingerprint density at radius 2 is 1.80 bits per heavy atom. The highest BCUT2D eigenvalue weighted by Gasteiger charge is 2.25. The highest BCUT2D eigenvalue weighted by atomic mass is 32.2. The van der Waals surface area contributed by atoms with E-state index in [2.05, 4.69) is 0 Å². The maximum Gasteiger partial charge on any atom is 0.223 e. The van der Waals surface area contributed by atoms with E-state index in [4.69, 9.17) is 0 Å². The Balaban J connectivity index is 1.74. The molecule has 136 valence electrons. The van der Waals surface area contributed by atoms with Gasteiger partial charge in [0.25, 0.3) is 0 Å². The van der Waals surface area contributed by atoms with Gasteiger partial charge in [0.15, 0.2) is 9.84 Å². The molecular weight excluding hydrogens is 340 g/mol. The number of sulfone groups is 1. The number of fused-ring (bicyclic) bond motifs is 1. The normalized spacial score (nSPS) is 17.5. The van der Waals surface area contributed by atoms with Gasteiger partial charge in [0.2, 0.25) is 11.8 Å². The highest BCUT2D eigenvalue weighted by molar-refractivity contribution is 7.91. The maximum absolute atomic E-state index is 12.6. The summed E-state index contributed by atoms with van der Waals surface area (Å²) < 4.78 is 25.2. The minimum atomic E-state index is -3.51. The topological polar surface area (TPSA) is 74.8 Å². The lowest BCUT2D eigenvalue weighted by Crippen LogP contribution is -2.33. The summed E-state index contributed by atoms with van der Waals surface area (Å²) in [6.07, 6.45) is 3.60. The van der Waals surface area contributed by atoms with Gasteiger partial charge in [0.05, 0.1) is 10.6 Å². The zero-order valence-electron chi connectivity index (χ0n) is 14.5. The number of hydrogen-bond acceptors (Lipinski definition) is 4. The van der Waals surface area contributed by atoms with E-state index in [9.17, 15) is 18.0 Å². The van der Waals surface area contributed by atoms with Gasteiger partial charge in [-0.05, 0) is 49.4 Å². The molecule has 0 N–H and O–H groups in total. The van der Waals surface area contributed by atoms with Crippen molar-refractivity contribution in [3.8, 4) is 0 Å². The predicted octanol–water partition coefficient (Wildman–Crippen LogP) is 1.77. The number of benzene rings is 1. The number of aryl methyl sites for hydroxylation is 1. The molecule has 0 bridgehead atoms. The number of carbonyl (C=O) groups excluding carboxylic acids is 2. The van der Waals surface area contributed by atoms with Gasteiger partial charge in [0, 0.05) is 38.7 Å². The van der Waals surface area contributed by atoms with Crippen LogP contribution in [0.15, 0.2) is 23.1 Å². The lowest BCUT2D eigenvalue weighted by atomic mass is 10.0. The van der Waals surface area contributed by atoms with Gasteiger partial charge in [-0.3, -0.25) is 9.59 Å². The number of hydrogen-bond donors (Lipinski definition) is 0. The largest absolute Gasteiger partial charge is 0.343 e. The zero-order chi connectivity index (χ0) is 18.0. The van der Waals surface area contributed by atoms with Gasteiger partial charge in [-0.1, -0.05) is 0 Å². The van der Waals surface area contributed by atoms with Crippen molar-refractivity contribution in [2.75, 3.05) is 30.3 Å². The second kappa shape index (κ2) is 7.15. The van der Waals surface area contributed by atoms with E-state index in [1.54, 1.807) is 28.0 Å². The lowest BCUT2D eigenvalue weighted by molar-refractivity contribution is -0.129. The summed E-state index contributed by atoms with van der Waals surface area (Å²) in [6.45, 7) is 3.65. The van der Waals surface area contributed by atoms with Crippen LogP contribution in [-0.4, -0.2) is 50.5 Å². The third kappa shape index (κ3) is 3.86. The second-order valence-electron chi connectivity index (χ2n) is 6.72. The van der Waals surface area contributed by atoms with Crippen LogP contribution in [-0.2, 0) is 25.8 Å². The van der Waals surface area contributed by atoms with E-state index in [-0.39, 0.29) is 28.9 Å². The van der Waals surface area contributed by atoms with Crippen LogP contribution in [0.1, 0.15) is 38.2 Å². The van der Waals surface area contributed by atoms with Gasteiger partial charge in [-0.2, -0.15) is 0 Å². The Hall–Kier alpha value is -1.89. The van der Waals surface area contributed by atoms with Crippen LogP contribution < -0.4 is 4.90 Å². The third-order valence-electron chi connectivity index (χ3n) is 4.95. The standard InChI is InChI=1S/C18H24N2O4S/c1-14(21)20-11-4-5-15-13-16(6-7-17(15)20)25(23,24)12-8-18(22)19-9-2-3-10-19/h6-7,13H,2-5,8-12H2,1H3. The Bertz CT molecular complexity index is 782. The van der Waals surface area contributed by atoms with Gasteiger partial charge in [0.1, 0.15) is 0 Å². The van der Waals surface area contributed by atoms with Crippen molar-refractivity contribution in [1.29, 1.82) is 0 Å². The Morgan fingerprint density at radius 1 is 1.08 bits per heavy atom. The number of nitrogens with zero attached hydrogens (tertiary/aromatic N) is 2. The fourth-order valence-electron chi connectivity index (χ4n) is 3.56. The summed E-state index contributed by atoms with van der Waals surface area (Å²) in [5, 5.41) is 0. The minimum absolute atomic E-state index is 0.0268. The molecule has 1 saturated heterocycles. The van der Waals surface area contributed by atoms with Crippen molar-refractivity contribution in [3.63, 3.8) is 0 Å². The Morgan fingerprint density at radius 3 is 2.48 bits per heavy atom. The van der Waals surface area contributed by atoms with E-state index in [1.807, 2.05) is 0 Å². The van der Waals surface area contributed by atoms with Crippen LogP contribution in [0.2, 0.25) is 0 Å². The molecule has 1 fully saturated rings. The van der Waals surface area contributed by atoms with Crippen molar-refractivity contribution >= 4 is 27.3 Å². The molecule has 6 nitrogen and oxygen atoms in total. The molecule has 0 atom stereocenters. The molecule has 2 aliphatic rings. The van der Waals surface area contributed by atoms with E-state index in [0.29, 0.717) is 6.54 Å². The Kier molecular flexibility index (Phi) is 5.13. The molecule has 1 aromatic carbocycles. The molecule has 0 radical (unpaired) electrons. The van der Waals surface area contributed by atoms with Crippen LogP contribution >= 0.6 is 0 Å². The molecule has 7 heteroatoms. The van der Waals surface area contributed by atoms with Gasteiger partial charge in [-0.15, -0.1) is 0 Å². The lowest BCUT2D eigenvalue weighted by Gasteiger charge is -2.28. The van der Waals surface area contributed by atoms with Crippen LogP contribution in [0, 0.1) is 0 Å². The summed E-state index contributed by atoms with van der Waals surface area (Å²) in [7, 11) is -3.51. The van der Waals surface area contributed by atoms with E-state index in [0.717, 1.165) is 50.0 Å². The first-order valence-electron chi connectivity index (χ1n) is 8.80. The first-order valence-corrected chi connectivity index (χ1v) is 10.5. The smallest absolute Gasteiger partial charge is 0.223 e. The van der Waals surface area contributed by atoms with Crippen molar-refractivity contribution in [1.82, 2.24) is 4.90 Å². The molecule has 25 heavy (non-hydrogen) atoms. The van der Waals surface area contributed by atoms with Crippen molar-refractivity contribution < 1.29 is 18.0 Å². The maximum atomic E-state index is 12.6. The summed E-state index contributed by atoms with van der Waals surface area (Å²) in [5.41, 5.74) is 1.68. The van der Waals surface area contributed by atoms with Gasteiger partial charge < -0.3 is 9.80 Å². The quantitative estimate of drug-likeness (QED) is 0.816. The number of likely N-dealkylation sites (tertiary alicyclic amines) is 1. The molecule has 2 heterocycles. The molecule has 0 aromatic heterocycles. The highest BCUT2D eigenvalue weighted by Crippen LogP contribution is 2.30. The van der Waals surface area contributed by atoms with Crippen LogP contribution in [0.4, 0.5) is 5.69 Å². The number of amides is 2. The van der Waals surface area contributed by atoms with Crippen LogP contribution in [0.3, 0.4) is 0 Å². The molecule has 3 rings (SSSR count). The van der Waals surface area contributed by atoms with Gasteiger partial charge >= 0.3 is 0 Å². The van der Waals surface area contributed by atoms with Crippen LogP contribution in [0.5, 0.6) is 0 Å². The fraction of sp³-hybridized carbons (Fsp3) is 0.556. The number of rotatable bonds is 4. The zero-order valence-corrected chi connectivity index (χ0v) is 15.3. The average Bonchev–Trinajstić information content (AvgIpc) is 3.13. The molecule has 2 amide bonds. The first-order chi connectivity index (χ1) is 11.9. The van der Waals surface area contributed by atoms with Crippen molar-refractivity contribution in [2.45, 2.75) is 43.9 Å². The van der Waals surface area contributed by atoms with Gasteiger partial charge in [-0.25, -0.2) is 8.42 Å². The molecule has 1 aromatic rings. The van der Waals surface area contributed by atoms with Crippen LogP contribution in [0.25, 0.3) is 0 Å². The second-order valence-corrected chi connectivity index (χ2v) is 8.83. The van der Waals surface area contributed by atoms with Crippen molar-refractivity contribution in [2.24, 2.45) is 0 Å². The molecule has 0 unspecified atom stereocenters. The number of carbonyl (C=O) groups is 2. The predicted molar refractivity (Wildman–Crippen MR) is 95.3 cm³/mol.